The molecule has 1 aliphatic heterocycles. The molecule has 5 nitrogen and oxygen atoms in total. The zero-order valence-corrected chi connectivity index (χ0v) is 20.3. The predicted octanol–water partition coefficient (Wildman–Crippen LogP) is 5.17. The van der Waals surface area contributed by atoms with Crippen LogP contribution < -0.4 is 5.32 Å². The van der Waals surface area contributed by atoms with Crippen LogP contribution in [0.4, 0.5) is 0 Å². The van der Waals surface area contributed by atoms with Crippen molar-refractivity contribution < 1.29 is 0 Å². The molecule has 1 unspecified atom stereocenters. The molecule has 0 fully saturated rings. The molecule has 4 aromatic rings. The average molecular weight is 482 g/mol. The maximum Gasteiger partial charge on any atom is 0.0991 e. The Balaban J connectivity index is 1.28. The number of halogens is 1. The Morgan fingerprint density at radius 3 is 2.60 bits per heavy atom. The molecule has 5 rings (SSSR count). The highest BCUT2D eigenvalue weighted by atomic mass is 35.5. The van der Waals surface area contributed by atoms with Gasteiger partial charge in [0.1, 0.15) is 0 Å². The number of benzene rings is 3. The molecule has 0 bridgehead atoms. The molecule has 0 saturated carbocycles. The molecule has 1 aromatic heterocycles. The Bertz CT molecular complexity index is 1320. The molecule has 1 N–H and O–H groups in total. The first-order chi connectivity index (χ1) is 17.2. The van der Waals surface area contributed by atoms with E-state index < -0.39 is 0 Å². The molecule has 1 aliphatic rings. The van der Waals surface area contributed by atoms with Crippen LogP contribution in [0.25, 0.3) is 0 Å². The number of nitrogens with zero attached hydrogens (tertiary/aromatic N) is 4. The molecule has 0 radical (unpaired) electrons. The van der Waals surface area contributed by atoms with Gasteiger partial charge >= 0.3 is 0 Å². The quantitative estimate of drug-likeness (QED) is 0.395. The number of imidazole rings is 1. The molecule has 2 heterocycles. The van der Waals surface area contributed by atoms with Crippen LogP contribution in [-0.2, 0) is 32.6 Å². The Morgan fingerprint density at radius 1 is 0.971 bits per heavy atom. The second kappa shape index (κ2) is 10.9. The number of fused-ring (bicyclic) bond motifs is 1. The molecule has 0 spiro atoms. The van der Waals surface area contributed by atoms with E-state index in [2.05, 4.69) is 62.2 Å². The highest BCUT2D eigenvalue weighted by Gasteiger charge is 2.22. The van der Waals surface area contributed by atoms with E-state index >= 15 is 0 Å². The summed E-state index contributed by atoms with van der Waals surface area (Å²) in [6.45, 7) is 4.22. The lowest BCUT2D eigenvalue weighted by molar-refractivity contribution is 0.232. The van der Waals surface area contributed by atoms with Crippen molar-refractivity contribution in [2.24, 2.45) is 0 Å². The fourth-order valence-electron chi connectivity index (χ4n) is 4.78. The van der Waals surface area contributed by atoms with Crippen LogP contribution in [0, 0.1) is 11.3 Å². The summed E-state index contributed by atoms with van der Waals surface area (Å²) in [7, 11) is 0. The van der Waals surface area contributed by atoms with Crippen LogP contribution in [0.15, 0.2) is 85.3 Å². The molecule has 3 aromatic carbocycles. The zero-order chi connectivity index (χ0) is 24.0. The van der Waals surface area contributed by atoms with E-state index in [1.807, 2.05) is 48.9 Å². The van der Waals surface area contributed by atoms with E-state index in [0.717, 1.165) is 55.4 Å². The summed E-state index contributed by atoms with van der Waals surface area (Å²) >= 11 is 6.25. The van der Waals surface area contributed by atoms with Crippen LogP contribution in [0.2, 0.25) is 5.02 Å². The smallest absolute Gasteiger partial charge is 0.0991 e. The molecule has 0 aliphatic carbocycles. The van der Waals surface area contributed by atoms with Gasteiger partial charge in [0, 0.05) is 50.0 Å². The van der Waals surface area contributed by atoms with Gasteiger partial charge in [0.2, 0.25) is 0 Å². The summed E-state index contributed by atoms with van der Waals surface area (Å²) in [4.78, 5) is 6.90. The van der Waals surface area contributed by atoms with Crippen molar-refractivity contribution in [3.63, 3.8) is 0 Å². The summed E-state index contributed by atoms with van der Waals surface area (Å²) in [5.41, 5.74) is 7.01. The second-order valence-electron chi connectivity index (χ2n) is 9.17. The number of rotatable bonds is 7. The topological polar surface area (TPSA) is 56.9 Å². The normalized spacial score (nSPS) is 15.8. The summed E-state index contributed by atoms with van der Waals surface area (Å²) < 4.78 is 2.17. The van der Waals surface area contributed by atoms with Gasteiger partial charge in [-0.25, -0.2) is 4.98 Å². The minimum absolute atomic E-state index is 0.316. The van der Waals surface area contributed by atoms with Gasteiger partial charge in [0.25, 0.3) is 0 Å². The molecular weight excluding hydrogens is 454 g/mol. The minimum Gasteiger partial charge on any atom is -0.329 e. The van der Waals surface area contributed by atoms with Crippen molar-refractivity contribution in [2.45, 2.75) is 38.6 Å². The number of nitrogens with one attached hydrogen (secondary N) is 1. The summed E-state index contributed by atoms with van der Waals surface area (Å²) in [6, 6.07) is 27.1. The lowest BCUT2D eigenvalue weighted by Crippen LogP contribution is -2.40. The SMILES string of the molecule is N#Cc1ccc(Cn2cncc2CNC2Cc3ccccc3CN(Cc3cccc(Cl)c3)C2)cc1. The first kappa shape index (κ1) is 23.3. The Labute approximate surface area is 211 Å². The van der Waals surface area contributed by atoms with Crippen LogP contribution in [0.5, 0.6) is 0 Å². The largest absolute Gasteiger partial charge is 0.329 e. The van der Waals surface area contributed by atoms with Gasteiger partial charge in [-0.15, -0.1) is 0 Å². The molecule has 176 valence electrons. The van der Waals surface area contributed by atoms with E-state index in [-0.39, 0.29) is 0 Å². The van der Waals surface area contributed by atoms with E-state index in [1.165, 1.54) is 16.7 Å². The van der Waals surface area contributed by atoms with Crippen molar-refractivity contribution in [2.75, 3.05) is 6.54 Å². The summed E-state index contributed by atoms with van der Waals surface area (Å²) in [5.74, 6) is 0. The maximum absolute atomic E-state index is 9.03. The number of nitriles is 1. The molecule has 0 amide bonds. The average Bonchev–Trinajstić information content (AvgIpc) is 3.22. The fraction of sp³-hybridized carbons (Fsp3) is 0.241. The predicted molar refractivity (Wildman–Crippen MR) is 139 cm³/mol. The molecule has 35 heavy (non-hydrogen) atoms. The third-order valence-corrected chi connectivity index (χ3v) is 6.79. The second-order valence-corrected chi connectivity index (χ2v) is 9.61. The van der Waals surface area contributed by atoms with Crippen molar-refractivity contribution in [1.29, 1.82) is 5.26 Å². The first-order valence-corrected chi connectivity index (χ1v) is 12.3. The van der Waals surface area contributed by atoms with Gasteiger partial charge in [0.05, 0.1) is 23.7 Å². The Hall–Kier alpha value is -3.43. The van der Waals surface area contributed by atoms with Gasteiger partial charge < -0.3 is 9.88 Å². The van der Waals surface area contributed by atoms with Crippen molar-refractivity contribution in [3.05, 3.63) is 124 Å². The number of aromatic nitrogens is 2. The highest BCUT2D eigenvalue weighted by molar-refractivity contribution is 6.30. The van der Waals surface area contributed by atoms with E-state index in [1.54, 1.807) is 0 Å². The van der Waals surface area contributed by atoms with E-state index in [0.29, 0.717) is 11.6 Å². The third-order valence-electron chi connectivity index (χ3n) is 6.56. The molecule has 6 heteroatoms. The van der Waals surface area contributed by atoms with Crippen molar-refractivity contribution in [3.8, 4) is 6.07 Å². The lowest BCUT2D eigenvalue weighted by Gasteiger charge is -2.25. The minimum atomic E-state index is 0.316. The van der Waals surface area contributed by atoms with Gasteiger partial charge in [0.15, 0.2) is 0 Å². The maximum atomic E-state index is 9.03. The van der Waals surface area contributed by atoms with Gasteiger partial charge in [-0.3, -0.25) is 4.90 Å². The molecule has 0 saturated heterocycles. The molecule has 1 atom stereocenters. The molecular formula is C29H28ClN5. The Kier molecular flexibility index (Phi) is 7.25. The lowest BCUT2D eigenvalue weighted by atomic mass is 10.0. The van der Waals surface area contributed by atoms with Crippen LogP contribution in [0.1, 0.15) is 33.5 Å². The van der Waals surface area contributed by atoms with E-state index in [9.17, 15) is 0 Å². The van der Waals surface area contributed by atoms with Gasteiger partial charge in [-0.1, -0.05) is 60.1 Å². The Morgan fingerprint density at radius 2 is 1.80 bits per heavy atom. The van der Waals surface area contributed by atoms with Gasteiger partial charge in [-0.2, -0.15) is 5.26 Å². The highest BCUT2D eigenvalue weighted by Crippen LogP contribution is 2.22. The zero-order valence-electron chi connectivity index (χ0n) is 19.6. The first-order valence-electron chi connectivity index (χ1n) is 11.9. The number of hydrogen-bond acceptors (Lipinski definition) is 4. The summed E-state index contributed by atoms with van der Waals surface area (Å²) in [6.07, 6.45) is 4.81. The van der Waals surface area contributed by atoms with Gasteiger partial charge in [-0.05, 0) is 52.9 Å². The number of hydrogen-bond donors (Lipinski definition) is 1. The fourth-order valence-corrected chi connectivity index (χ4v) is 4.99. The third kappa shape index (κ3) is 5.98. The van der Waals surface area contributed by atoms with Crippen LogP contribution in [0.3, 0.4) is 0 Å². The van der Waals surface area contributed by atoms with E-state index in [4.69, 9.17) is 16.9 Å². The standard InChI is InChI=1S/C29H28ClN5/c30-27-7-3-4-24(12-27)17-34-19-26-6-2-1-5-25(26)13-28(20-34)33-16-29-15-32-21-35(29)18-23-10-8-22(14-31)9-11-23/h1-12,15,21,28,33H,13,16-20H2. The van der Waals surface area contributed by atoms with Crippen LogP contribution in [-0.4, -0.2) is 27.0 Å². The summed E-state index contributed by atoms with van der Waals surface area (Å²) in [5, 5.41) is 13.6. The van der Waals surface area contributed by atoms with Crippen LogP contribution >= 0.6 is 11.6 Å². The monoisotopic (exact) mass is 481 g/mol. The van der Waals surface area contributed by atoms with Crippen molar-refractivity contribution in [1.82, 2.24) is 19.8 Å². The van der Waals surface area contributed by atoms with Crippen molar-refractivity contribution >= 4 is 11.6 Å².